The molecule has 5 nitrogen and oxygen atoms in total. The first-order valence-electron chi connectivity index (χ1n) is 6.45. The van der Waals surface area contributed by atoms with Gasteiger partial charge in [-0.2, -0.15) is 0 Å². The lowest BCUT2D eigenvalue weighted by Gasteiger charge is -2.34. The van der Waals surface area contributed by atoms with E-state index in [2.05, 4.69) is 0 Å². The third-order valence-electron chi connectivity index (χ3n) is 3.42. The van der Waals surface area contributed by atoms with Crippen molar-refractivity contribution in [2.75, 3.05) is 19.7 Å². The lowest BCUT2D eigenvalue weighted by atomic mass is 9.95. The number of piperidine rings is 1. The molecule has 0 aliphatic carbocycles. The summed E-state index contributed by atoms with van der Waals surface area (Å²) in [6.45, 7) is 0.915. The summed E-state index contributed by atoms with van der Waals surface area (Å²) in [6.07, 6.45) is -0.500. The van der Waals surface area contributed by atoms with Crippen LogP contribution in [-0.2, 0) is 11.3 Å². The lowest BCUT2D eigenvalue weighted by Crippen LogP contribution is -2.47. The average molecular weight is 265 g/mol. The summed E-state index contributed by atoms with van der Waals surface area (Å²) in [6, 6.07) is 9.46. The summed E-state index contributed by atoms with van der Waals surface area (Å²) >= 11 is 0. The van der Waals surface area contributed by atoms with Crippen molar-refractivity contribution < 1.29 is 19.7 Å². The van der Waals surface area contributed by atoms with Crippen molar-refractivity contribution in [1.82, 2.24) is 4.90 Å². The number of nitrogens with zero attached hydrogens (tertiary/aromatic N) is 1. The van der Waals surface area contributed by atoms with Gasteiger partial charge in [-0.3, -0.25) is 0 Å². The minimum Gasteiger partial charge on any atom is -0.445 e. The molecular weight excluding hydrogens is 246 g/mol. The summed E-state index contributed by atoms with van der Waals surface area (Å²) < 4.78 is 5.20. The molecule has 2 N–H and O–H groups in total. The molecule has 1 amide bonds. The monoisotopic (exact) mass is 265 g/mol. The van der Waals surface area contributed by atoms with Crippen LogP contribution < -0.4 is 0 Å². The van der Waals surface area contributed by atoms with Crippen LogP contribution in [-0.4, -0.2) is 47.0 Å². The Balaban J connectivity index is 1.81. The van der Waals surface area contributed by atoms with Gasteiger partial charge in [0.05, 0.1) is 12.6 Å². The van der Waals surface area contributed by atoms with E-state index >= 15 is 0 Å². The van der Waals surface area contributed by atoms with Crippen molar-refractivity contribution in [3.8, 4) is 0 Å². The second-order valence-electron chi connectivity index (χ2n) is 4.78. The predicted octanol–water partition coefficient (Wildman–Crippen LogP) is 0.998. The van der Waals surface area contributed by atoms with E-state index in [4.69, 9.17) is 9.84 Å². The molecule has 1 aromatic carbocycles. The number of carbonyl (C=O) groups is 1. The van der Waals surface area contributed by atoms with Gasteiger partial charge in [0.1, 0.15) is 6.61 Å². The maximum atomic E-state index is 11.8. The zero-order valence-electron chi connectivity index (χ0n) is 10.7. The number of rotatable bonds is 3. The maximum absolute atomic E-state index is 11.8. The molecule has 5 heteroatoms. The Morgan fingerprint density at radius 3 is 2.74 bits per heavy atom. The van der Waals surface area contributed by atoms with Crippen LogP contribution in [0.25, 0.3) is 0 Å². The fourth-order valence-corrected chi connectivity index (χ4v) is 2.17. The van der Waals surface area contributed by atoms with Crippen molar-refractivity contribution in [3.05, 3.63) is 35.9 Å². The van der Waals surface area contributed by atoms with Crippen LogP contribution in [0, 0.1) is 5.92 Å². The summed E-state index contributed by atoms with van der Waals surface area (Å²) in [5, 5.41) is 18.8. The third kappa shape index (κ3) is 3.68. The molecule has 2 rings (SSSR count). The minimum absolute atomic E-state index is 0.0475. The molecule has 1 fully saturated rings. The number of benzene rings is 1. The molecule has 0 bridgehead atoms. The number of carbonyl (C=O) groups excluding carboxylic acids is 1. The first-order valence-corrected chi connectivity index (χ1v) is 6.45. The molecule has 2 atom stereocenters. The van der Waals surface area contributed by atoms with Crippen LogP contribution in [0.5, 0.6) is 0 Å². The molecule has 1 aromatic rings. The van der Waals surface area contributed by atoms with E-state index in [1.807, 2.05) is 30.3 Å². The molecule has 1 aliphatic rings. The standard InChI is InChI=1S/C14H19NO4/c16-9-12-6-7-15(8-13(12)17)14(18)19-10-11-4-2-1-3-5-11/h1-5,12-13,16-17H,6-10H2/t12-,13-/m1/s1. The van der Waals surface area contributed by atoms with E-state index in [9.17, 15) is 9.90 Å². The normalized spacial score (nSPS) is 23.2. The Bertz CT molecular complexity index is 409. The topological polar surface area (TPSA) is 70.0 Å². The highest BCUT2D eigenvalue weighted by Crippen LogP contribution is 2.18. The van der Waals surface area contributed by atoms with Gasteiger partial charge in [-0.15, -0.1) is 0 Å². The summed E-state index contributed by atoms with van der Waals surface area (Å²) in [5.41, 5.74) is 0.932. The third-order valence-corrected chi connectivity index (χ3v) is 3.42. The Labute approximate surface area is 112 Å². The summed E-state index contributed by atoms with van der Waals surface area (Å²) in [5.74, 6) is -0.141. The molecule has 104 valence electrons. The van der Waals surface area contributed by atoms with Crippen molar-refractivity contribution in [2.45, 2.75) is 19.1 Å². The summed E-state index contributed by atoms with van der Waals surface area (Å²) in [4.78, 5) is 13.3. The highest BCUT2D eigenvalue weighted by molar-refractivity contribution is 5.67. The Morgan fingerprint density at radius 2 is 2.11 bits per heavy atom. The first-order chi connectivity index (χ1) is 9.20. The molecule has 0 unspecified atom stereocenters. The fourth-order valence-electron chi connectivity index (χ4n) is 2.17. The van der Waals surface area contributed by atoms with Gasteiger partial charge in [-0.25, -0.2) is 4.79 Å². The van der Waals surface area contributed by atoms with Gasteiger partial charge in [0, 0.05) is 19.1 Å². The number of likely N-dealkylation sites (tertiary alicyclic amines) is 1. The number of hydrogen-bond acceptors (Lipinski definition) is 4. The average Bonchev–Trinajstić information content (AvgIpc) is 2.45. The van der Waals surface area contributed by atoms with Crippen LogP contribution in [0.15, 0.2) is 30.3 Å². The van der Waals surface area contributed by atoms with Crippen LogP contribution in [0.2, 0.25) is 0 Å². The van der Waals surface area contributed by atoms with E-state index in [1.165, 1.54) is 4.90 Å². The van der Waals surface area contributed by atoms with Crippen molar-refractivity contribution >= 4 is 6.09 Å². The molecule has 0 radical (unpaired) electrons. The molecule has 19 heavy (non-hydrogen) atoms. The Hall–Kier alpha value is -1.59. The molecule has 0 spiro atoms. The number of aliphatic hydroxyl groups excluding tert-OH is 2. The van der Waals surface area contributed by atoms with Gasteiger partial charge < -0.3 is 19.8 Å². The second-order valence-corrected chi connectivity index (χ2v) is 4.78. The van der Waals surface area contributed by atoms with Crippen LogP contribution in [0.1, 0.15) is 12.0 Å². The number of β-amino-alcohol motifs (C(OH)–C–C–N with tert-alkyl or cyclic N) is 1. The molecular formula is C14H19NO4. The van der Waals surface area contributed by atoms with E-state index in [0.29, 0.717) is 13.0 Å². The molecule has 0 saturated carbocycles. The van der Waals surface area contributed by atoms with Gasteiger partial charge in [0.15, 0.2) is 0 Å². The molecule has 1 saturated heterocycles. The van der Waals surface area contributed by atoms with Crippen molar-refractivity contribution in [1.29, 1.82) is 0 Å². The zero-order chi connectivity index (χ0) is 13.7. The molecule has 1 heterocycles. The Kier molecular flexibility index (Phi) is 4.76. The van der Waals surface area contributed by atoms with Crippen molar-refractivity contribution in [2.24, 2.45) is 5.92 Å². The van der Waals surface area contributed by atoms with Crippen molar-refractivity contribution in [3.63, 3.8) is 0 Å². The van der Waals surface area contributed by atoms with E-state index in [-0.39, 0.29) is 25.7 Å². The number of hydrogen-bond donors (Lipinski definition) is 2. The van der Waals surface area contributed by atoms with Gasteiger partial charge in [0.25, 0.3) is 0 Å². The smallest absolute Gasteiger partial charge is 0.410 e. The van der Waals surface area contributed by atoms with Crippen LogP contribution in [0.4, 0.5) is 4.79 Å². The second kappa shape index (κ2) is 6.54. The lowest BCUT2D eigenvalue weighted by molar-refractivity contribution is -0.00505. The van der Waals surface area contributed by atoms with Gasteiger partial charge in [-0.05, 0) is 12.0 Å². The maximum Gasteiger partial charge on any atom is 0.410 e. The van der Waals surface area contributed by atoms with E-state index < -0.39 is 12.2 Å². The van der Waals surface area contributed by atoms with Gasteiger partial charge in [-0.1, -0.05) is 30.3 Å². The molecule has 0 aromatic heterocycles. The fraction of sp³-hybridized carbons (Fsp3) is 0.500. The van der Waals surface area contributed by atoms with Gasteiger partial charge in [0.2, 0.25) is 0 Å². The quantitative estimate of drug-likeness (QED) is 0.855. The highest BCUT2D eigenvalue weighted by Gasteiger charge is 2.30. The largest absolute Gasteiger partial charge is 0.445 e. The first kappa shape index (κ1) is 13.8. The number of aliphatic hydroxyl groups is 2. The predicted molar refractivity (Wildman–Crippen MR) is 69.4 cm³/mol. The Morgan fingerprint density at radius 1 is 1.37 bits per heavy atom. The van der Waals surface area contributed by atoms with E-state index in [1.54, 1.807) is 0 Å². The number of ether oxygens (including phenoxy) is 1. The minimum atomic E-state index is -0.678. The summed E-state index contributed by atoms with van der Waals surface area (Å²) in [7, 11) is 0. The SMILES string of the molecule is O=C(OCc1ccccc1)N1CC[C@H](CO)[C@H](O)C1. The highest BCUT2D eigenvalue weighted by atomic mass is 16.6. The molecule has 1 aliphatic heterocycles. The van der Waals surface area contributed by atoms with Gasteiger partial charge >= 0.3 is 6.09 Å². The van der Waals surface area contributed by atoms with Crippen LogP contribution in [0.3, 0.4) is 0 Å². The zero-order valence-corrected chi connectivity index (χ0v) is 10.7. The number of amides is 1. The van der Waals surface area contributed by atoms with Crippen LogP contribution >= 0.6 is 0 Å². The van der Waals surface area contributed by atoms with E-state index in [0.717, 1.165) is 5.56 Å².